The van der Waals surface area contributed by atoms with Gasteiger partial charge in [0.05, 0.1) is 0 Å². The minimum Gasteiger partial charge on any atom is -0.318 e. The maximum Gasteiger partial charge on any atom is 0.0400 e. The van der Waals surface area contributed by atoms with E-state index >= 15 is 0 Å². The standard InChI is InChI=1S/C21H28N2S2/c1-4-12-23(13-11-22-2)19-14-16-7-5-6-8-20(16)25-21-10-9-17(24-3)15-18(19)21/h5-10,15,19,22H,4,11-14H2,1-3H3. The zero-order chi connectivity index (χ0) is 17.6. The van der Waals surface area contributed by atoms with Crippen LogP contribution in [0, 0.1) is 0 Å². The molecule has 0 spiro atoms. The van der Waals surface area contributed by atoms with Crippen LogP contribution in [0.4, 0.5) is 0 Å². The van der Waals surface area contributed by atoms with Gasteiger partial charge in [0.15, 0.2) is 0 Å². The van der Waals surface area contributed by atoms with Gasteiger partial charge in [-0.1, -0.05) is 36.9 Å². The van der Waals surface area contributed by atoms with Crippen LogP contribution in [0.3, 0.4) is 0 Å². The Kier molecular flexibility index (Phi) is 6.88. The van der Waals surface area contributed by atoms with E-state index in [-0.39, 0.29) is 0 Å². The van der Waals surface area contributed by atoms with Crippen molar-refractivity contribution in [3.8, 4) is 0 Å². The van der Waals surface area contributed by atoms with Gasteiger partial charge in [-0.15, -0.1) is 11.8 Å². The van der Waals surface area contributed by atoms with Gasteiger partial charge in [-0.3, -0.25) is 4.90 Å². The van der Waals surface area contributed by atoms with Gasteiger partial charge in [0.1, 0.15) is 0 Å². The molecular formula is C21H28N2S2. The Labute approximate surface area is 160 Å². The number of rotatable bonds is 7. The number of thioether (sulfide) groups is 1. The molecule has 0 amide bonds. The lowest BCUT2D eigenvalue weighted by Crippen LogP contribution is -2.36. The van der Waals surface area contributed by atoms with Crippen molar-refractivity contribution < 1.29 is 0 Å². The second-order valence-corrected chi connectivity index (χ2v) is 8.44. The molecule has 1 N–H and O–H groups in total. The highest BCUT2D eigenvalue weighted by Crippen LogP contribution is 2.43. The van der Waals surface area contributed by atoms with Crippen LogP contribution >= 0.6 is 23.5 Å². The molecule has 2 aromatic rings. The Hall–Kier alpha value is -0.940. The van der Waals surface area contributed by atoms with Gasteiger partial charge in [0.2, 0.25) is 0 Å². The first kappa shape index (κ1) is 18.8. The Balaban J connectivity index is 2.04. The first-order chi connectivity index (χ1) is 12.3. The van der Waals surface area contributed by atoms with Gasteiger partial charge >= 0.3 is 0 Å². The van der Waals surface area contributed by atoms with E-state index in [0.29, 0.717) is 6.04 Å². The van der Waals surface area contributed by atoms with Crippen LogP contribution in [0.5, 0.6) is 0 Å². The summed E-state index contributed by atoms with van der Waals surface area (Å²) in [5.41, 5.74) is 2.97. The molecule has 0 bridgehead atoms. The van der Waals surface area contributed by atoms with E-state index in [2.05, 4.69) is 65.9 Å². The first-order valence-corrected chi connectivity index (χ1v) is 11.1. The van der Waals surface area contributed by atoms with Gasteiger partial charge < -0.3 is 5.32 Å². The molecule has 1 aliphatic rings. The molecule has 1 aliphatic heterocycles. The zero-order valence-electron chi connectivity index (χ0n) is 15.4. The topological polar surface area (TPSA) is 15.3 Å². The van der Waals surface area contributed by atoms with Gasteiger partial charge in [0, 0.05) is 33.8 Å². The van der Waals surface area contributed by atoms with Crippen LogP contribution < -0.4 is 5.32 Å². The summed E-state index contributed by atoms with van der Waals surface area (Å²) in [6.45, 7) is 5.54. The van der Waals surface area contributed by atoms with E-state index in [1.807, 2.05) is 30.6 Å². The molecule has 0 saturated carbocycles. The smallest absolute Gasteiger partial charge is 0.0400 e. The molecule has 0 aromatic heterocycles. The normalized spacial score (nSPS) is 16.4. The van der Waals surface area contributed by atoms with Gasteiger partial charge in [-0.25, -0.2) is 0 Å². The van der Waals surface area contributed by atoms with Crippen molar-refractivity contribution in [2.75, 3.05) is 32.9 Å². The zero-order valence-corrected chi connectivity index (χ0v) is 17.1. The van der Waals surface area contributed by atoms with Crippen molar-refractivity contribution >= 4 is 23.5 Å². The van der Waals surface area contributed by atoms with E-state index < -0.39 is 0 Å². The molecule has 2 aromatic carbocycles. The van der Waals surface area contributed by atoms with Crippen molar-refractivity contribution in [1.29, 1.82) is 0 Å². The lowest BCUT2D eigenvalue weighted by Gasteiger charge is -2.32. The fourth-order valence-electron chi connectivity index (χ4n) is 3.51. The van der Waals surface area contributed by atoms with E-state index in [1.165, 1.54) is 32.2 Å². The Morgan fingerprint density at radius 3 is 2.76 bits per heavy atom. The van der Waals surface area contributed by atoms with Crippen molar-refractivity contribution in [2.45, 2.75) is 40.5 Å². The Morgan fingerprint density at radius 2 is 2.00 bits per heavy atom. The average molecular weight is 373 g/mol. The Bertz CT molecular complexity index is 702. The summed E-state index contributed by atoms with van der Waals surface area (Å²) in [7, 11) is 2.04. The summed E-state index contributed by atoms with van der Waals surface area (Å²) < 4.78 is 0. The summed E-state index contributed by atoms with van der Waals surface area (Å²) in [5, 5.41) is 3.33. The molecule has 1 unspecified atom stereocenters. The predicted molar refractivity (Wildman–Crippen MR) is 111 cm³/mol. The summed E-state index contributed by atoms with van der Waals surface area (Å²) in [6.07, 6.45) is 4.45. The second-order valence-electron chi connectivity index (χ2n) is 6.47. The number of likely N-dealkylation sites (N-methyl/N-ethyl adjacent to an activating group) is 1. The van der Waals surface area contributed by atoms with Gasteiger partial charge in [-0.05, 0) is 68.1 Å². The molecule has 2 nitrogen and oxygen atoms in total. The lowest BCUT2D eigenvalue weighted by atomic mass is 9.97. The summed E-state index contributed by atoms with van der Waals surface area (Å²) >= 11 is 3.77. The van der Waals surface area contributed by atoms with E-state index in [4.69, 9.17) is 0 Å². The first-order valence-electron chi connectivity index (χ1n) is 9.09. The lowest BCUT2D eigenvalue weighted by molar-refractivity contribution is 0.195. The van der Waals surface area contributed by atoms with Crippen molar-refractivity contribution in [3.05, 3.63) is 53.6 Å². The molecule has 3 rings (SSSR count). The monoisotopic (exact) mass is 372 g/mol. The highest BCUT2D eigenvalue weighted by atomic mass is 32.2. The van der Waals surface area contributed by atoms with E-state index in [0.717, 1.165) is 26.1 Å². The minimum absolute atomic E-state index is 0.451. The van der Waals surface area contributed by atoms with Crippen molar-refractivity contribution in [3.63, 3.8) is 0 Å². The number of hydrogen-bond acceptors (Lipinski definition) is 4. The number of nitrogens with one attached hydrogen (secondary N) is 1. The largest absolute Gasteiger partial charge is 0.318 e. The average Bonchev–Trinajstić information content (AvgIpc) is 2.81. The van der Waals surface area contributed by atoms with E-state index in [9.17, 15) is 0 Å². The third kappa shape index (κ3) is 4.43. The van der Waals surface area contributed by atoms with Crippen molar-refractivity contribution in [2.24, 2.45) is 0 Å². The molecule has 0 fully saturated rings. The third-order valence-corrected chi connectivity index (χ3v) is 6.72. The molecule has 134 valence electrons. The SMILES string of the molecule is CCCN(CCNC)C1Cc2ccccc2Sc2ccc(SC)cc21. The fraction of sp³-hybridized carbons (Fsp3) is 0.429. The van der Waals surface area contributed by atoms with Crippen LogP contribution in [0.2, 0.25) is 0 Å². The van der Waals surface area contributed by atoms with Crippen LogP contribution in [-0.4, -0.2) is 37.8 Å². The highest BCUT2D eigenvalue weighted by Gasteiger charge is 2.27. The maximum atomic E-state index is 3.33. The maximum absolute atomic E-state index is 3.33. The van der Waals surface area contributed by atoms with Crippen LogP contribution in [0.1, 0.15) is 30.5 Å². The molecular weight excluding hydrogens is 344 g/mol. The summed E-state index contributed by atoms with van der Waals surface area (Å²) in [4.78, 5) is 6.86. The quantitative estimate of drug-likeness (QED) is 0.681. The van der Waals surface area contributed by atoms with E-state index in [1.54, 1.807) is 0 Å². The molecule has 0 saturated heterocycles. The van der Waals surface area contributed by atoms with Crippen LogP contribution in [0.25, 0.3) is 0 Å². The fourth-order valence-corrected chi connectivity index (χ4v) is 5.07. The van der Waals surface area contributed by atoms with Crippen LogP contribution in [-0.2, 0) is 6.42 Å². The third-order valence-electron chi connectivity index (χ3n) is 4.78. The second kappa shape index (κ2) is 9.13. The van der Waals surface area contributed by atoms with Crippen LogP contribution in [0.15, 0.2) is 57.2 Å². The molecule has 1 atom stereocenters. The summed E-state index contributed by atoms with van der Waals surface area (Å²) in [6, 6.07) is 16.4. The minimum atomic E-state index is 0.451. The number of hydrogen-bond donors (Lipinski definition) is 1. The van der Waals surface area contributed by atoms with Crippen molar-refractivity contribution in [1.82, 2.24) is 10.2 Å². The highest BCUT2D eigenvalue weighted by molar-refractivity contribution is 7.99. The molecule has 25 heavy (non-hydrogen) atoms. The van der Waals surface area contributed by atoms with Gasteiger partial charge in [-0.2, -0.15) is 0 Å². The molecule has 1 heterocycles. The summed E-state index contributed by atoms with van der Waals surface area (Å²) in [5.74, 6) is 0. The van der Waals surface area contributed by atoms with Gasteiger partial charge in [0.25, 0.3) is 0 Å². The number of fused-ring (bicyclic) bond motifs is 2. The number of nitrogens with zero attached hydrogens (tertiary/aromatic N) is 1. The predicted octanol–water partition coefficient (Wildman–Crippen LogP) is 5.09. The Morgan fingerprint density at radius 1 is 1.16 bits per heavy atom. The molecule has 0 aliphatic carbocycles. The molecule has 0 radical (unpaired) electrons. The molecule has 4 heteroatoms. The number of benzene rings is 2.